The van der Waals surface area contributed by atoms with Gasteiger partial charge in [-0.1, -0.05) is 54.6 Å². The van der Waals surface area contributed by atoms with Crippen molar-refractivity contribution in [2.45, 2.75) is 44.7 Å². The maximum Gasteiger partial charge on any atom is 0.407 e. The minimum Gasteiger partial charge on any atom is -0.480 e. The molecule has 172 valence electrons. The van der Waals surface area contributed by atoms with Gasteiger partial charge in [0.15, 0.2) is 0 Å². The number of rotatable bonds is 8. The lowest BCUT2D eigenvalue weighted by Crippen LogP contribution is -2.45. The molecule has 7 heteroatoms. The molecule has 0 heterocycles. The topological polar surface area (TPSA) is 95.9 Å². The molecule has 0 saturated heterocycles. The molecule has 1 saturated carbocycles. The summed E-state index contributed by atoms with van der Waals surface area (Å²) in [6, 6.07) is 15.3. The van der Waals surface area contributed by atoms with E-state index < -0.39 is 18.1 Å². The number of amides is 2. The number of aliphatic carboxylic acids is 1. The molecule has 0 spiro atoms. The van der Waals surface area contributed by atoms with E-state index in [0.717, 1.165) is 35.1 Å². The standard InChI is InChI=1S/C26H28N2O5/c1-16(24(29)28(18-11-12-18)17(2)25(30)31)13-14-27-26(32)33-15-23-21-9-5-3-7-19(21)20-8-4-6-10-22(20)23/h3-10,13,17-18,23H,11-12,14-15H2,1-2H3,(H,27,32)(H,30,31)/b16-13+. The van der Waals surface area contributed by atoms with Crippen LogP contribution in [0.25, 0.3) is 11.1 Å². The average Bonchev–Trinajstić information content (AvgIpc) is 3.59. The summed E-state index contributed by atoms with van der Waals surface area (Å²) in [4.78, 5) is 37.8. The van der Waals surface area contributed by atoms with Crippen LogP contribution >= 0.6 is 0 Å². The minimum atomic E-state index is -1.03. The summed E-state index contributed by atoms with van der Waals surface area (Å²) in [6.45, 7) is 3.48. The summed E-state index contributed by atoms with van der Waals surface area (Å²) < 4.78 is 5.49. The van der Waals surface area contributed by atoms with Gasteiger partial charge >= 0.3 is 12.1 Å². The monoisotopic (exact) mass is 448 g/mol. The fourth-order valence-corrected chi connectivity index (χ4v) is 4.36. The molecular formula is C26H28N2O5. The molecule has 0 aromatic heterocycles. The fourth-order valence-electron chi connectivity index (χ4n) is 4.36. The van der Waals surface area contributed by atoms with E-state index in [9.17, 15) is 19.5 Å². The quantitative estimate of drug-likeness (QED) is 0.597. The molecule has 33 heavy (non-hydrogen) atoms. The third kappa shape index (κ3) is 4.77. The average molecular weight is 449 g/mol. The largest absolute Gasteiger partial charge is 0.480 e. The van der Waals surface area contributed by atoms with Crippen molar-refractivity contribution in [2.75, 3.05) is 13.2 Å². The van der Waals surface area contributed by atoms with E-state index in [1.807, 2.05) is 24.3 Å². The van der Waals surface area contributed by atoms with Crippen LogP contribution in [-0.4, -0.2) is 53.2 Å². The van der Waals surface area contributed by atoms with Crippen LogP contribution in [0.3, 0.4) is 0 Å². The molecule has 2 N–H and O–H groups in total. The third-order valence-electron chi connectivity index (χ3n) is 6.29. The Hall–Kier alpha value is -3.61. The number of nitrogens with zero attached hydrogens (tertiary/aromatic N) is 1. The molecular weight excluding hydrogens is 420 g/mol. The van der Waals surface area contributed by atoms with Gasteiger partial charge in [0.05, 0.1) is 0 Å². The summed E-state index contributed by atoms with van der Waals surface area (Å²) in [5.41, 5.74) is 5.00. The Bertz CT molecular complexity index is 1060. The van der Waals surface area contributed by atoms with Gasteiger partial charge in [0, 0.05) is 24.1 Å². The van der Waals surface area contributed by atoms with E-state index in [4.69, 9.17) is 4.74 Å². The maximum atomic E-state index is 12.7. The Morgan fingerprint density at radius 1 is 1.09 bits per heavy atom. The lowest BCUT2D eigenvalue weighted by molar-refractivity contribution is -0.148. The van der Waals surface area contributed by atoms with Crippen LogP contribution in [-0.2, 0) is 14.3 Å². The number of alkyl carbamates (subject to hydrolysis) is 1. The highest BCUT2D eigenvalue weighted by Gasteiger charge is 2.38. The van der Waals surface area contributed by atoms with E-state index in [2.05, 4.69) is 29.6 Å². The SMILES string of the molecule is C/C(=C\CNC(=O)OCC1c2ccccc2-c2ccccc21)C(=O)N(C1CC1)C(C)C(=O)O. The lowest BCUT2D eigenvalue weighted by atomic mass is 9.98. The first-order valence-corrected chi connectivity index (χ1v) is 11.2. The van der Waals surface area contributed by atoms with E-state index in [1.165, 1.54) is 11.8 Å². The fraction of sp³-hybridized carbons (Fsp3) is 0.346. The molecule has 0 bridgehead atoms. The van der Waals surface area contributed by atoms with Crippen molar-refractivity contribution >= 4 is 18.0 Å². The van der Waals surface area contributed by atoms with Crippen LogP contribution in [0.5, 0.6) is 0 Å². The summed E-state index contributed by atoms with van der Waals surface area (Å²) in [5.74, 6) is -1.37. The van der Waals surface area contributed by atoms with Gasteiger partial charge in [-0.2, -0.15) is 0 Å². The zero-order valence-corrected chi connectivity index (χ0v) is 18.8. The molecule has 2 amide bonds. The Balaban J connectivity index is 1.32. The van der Waals surface area contributed by atoms with Crippen molar-refractivity contribution in [2.24, 2.45) is 0 Å². The van der Waals surface area contributed by atoms with Crippen molar-refractivity contribution in [3.63, 3.8) is 0 Å². The van der Waals surface area contributed by atoms with Crippen LogP contribution in [0.4, 0.5) is 4.79 Å². The molecule has 2 aromatic rings. The van der Waals surface area contributed by atoms with Crippen LogP contribution in [0, 0.1) is 0 Å². The Morgan fingerprint density at radius 3 is 2.21 bits per heavy atom. The second kappa shape index (κ2) is 9.48. The first kappa shape index (κ1) is 22.6. The van der Waals surface area contributed by atoms with Gasteiger partial charge in [0.1, 0.15) is 12.6 Å². The summed E-state index contributed by atoms with van der Waals surface area (Å²) in [6.07, 6.45) is 2.66. The maximum absolute atomic E-state index is 12.7. The van der Waals surface area contributed by atoms with Crippen LogP contribution in [0.1, 0.15) is 43.7 Å². The van der Waals surface area contributed by atoms with Gasteiger partial charge < -0.3 is 20.1 Å². The minimum absolute atomic E-state index is 0.0217. The van der Waals surface area contributed by atoms with Gasteiger partial charge in [-0.3, -0.25) is 4.79 Å². The molecule has 1 fully saturated rings. The van der Waals surface area contributed by atoms with Crippen molar-refractivity contribution in [1.82, 2.24) is 10.2 Å². The molecule has 4 rings (SSSR count). The molecule has 1 atom stereocenters. The number of nitrogens with one attached hydrogen (secondary N) is 1. The molecule has 2 aliphatic carbocycles. The highest BCUT2D eigenvalue weighted by atomic mass is 16.5. The number of carboxylic acid groups (broad SMARTS) is 1. The highest BCUT2D eigenvalue weighted by Crippen LogP contribution is 2.44. The molecule has 7 nitrogen and oxygen atoms in total. The van der Waals surface area contributed by atoms with E-state index in [1.54, 1.807) is 13.0 Å². The van der Waals surface area contributed by atoms with Crippen molar-refractivity contribution in [3.8, 4) is 11.1 Å². The number of ether oxygens (including phenoxy) is 1. The number of carboxylic acids is 1. The summed E-state index contributed by atoms with van der Waals surface area (Å²) >= 11 is 0. The number of hydrogen-bond acceptors (Lipinski definition) is 4. The van der Waals surface area contributed by atoms with Crippen molar-refractivity contribution in [1.29, 1.82) is 0 Å². The van der Waals surface area contributed by atoms with Crippen LogP contribution < -0.4 is 5.32 Å². The Labute approximate surface area is 193 Å². The first-order valence-electron chi connectivity index (χ1n) is 11.2. The Morgan fingerprint density at radius 2 is 1.67 bits per heavy atom. The van der Waals surface area contributed by atoms with E-state index in [0.29, 0.717) is 5.57 Å². The van der Waals surface area contributed by atoms with Crippen LogP contribution in [0.2, 0.25) is 0 Å². The summed E-state index contributed by atoms with van der Waals surface area (Å²) in [5, 5.41) is 11.9. The molecule has 2 aliphatic rings. The molecule has 0 radical (unpaired) electrons. The smallest absolute Gasteiger partial charge is 0.407 e. The van der Waals surface area contributed by atoms with E-state index in [-0.39, 0.29) is 31.0 Å². The number of carbonyl (C=O) groups excluding carboxylic acids is 2. The molecule has 2 aromatic carbocycles. The third-order valence-corrected chi connectivity index (χ3v) is 6.29. The summed E-state index contributed by atoms with van der Waals surface area (Å²) in [7, 11) is 0. The van der Waals surface area contributed by atoms with Gasteiger partial charge in [-0.05, 0) is 48.9 Å². The highest BCUT2D eigenvalue weighted by molar-refractivity contribution is 5.96. The zero-order chi connectivity index (χ0) is 23.5. The van der Waals surface area contributed by atoms with Gasteiger partial charge in [-0.25, -0.2) is 9.59 Å². The second-order valence-electron chi connectivity index (χ2n) is 8.55. The van der Waals surface area contributed by atoms with E-state index >= 15 is 0 Å². The van der Waals surface area contributed by atoms with Gasteiger partial charge in [-0.15, -0.1) is 0 Å². The first-order chi connectivity index (χ1) is 15.9. The predicted molar refractivity (Wildman–Crippen MR) is 124 cm³/mol. The number of hydrogen-bond donors (Lipinski definition) is 2. The van der Waals surface area contributed by atoms with Crippen molar-refractivity contribution < 1.29 is 24.2 Å². The van der Waals surface area contributed by atoms with Crippen LogP contribution in [0.15, 0.2) is 60.2 Å². The van der Waals surface area contributed by atoms with Gasteiger partial charge in [0.2, 0.25) is 5.91 Å². The second-order valence-corrected chi connectivity index (χ2v) is 8.55. The normalized spacial score (nSPS) is 15.9. The lowest BCUT2D eigenvalue weighted by Gasteiger charge is -2.26. The molecule has 0 aliphatic heterocycles. The Kier molecular flexibility index (Phi) is 6.49. The molecule has 1 unspecified atom stereocenters. The zero-order valence-electron chi connectivity index (χ0n) is 18.8. The van der Waals surface area contributed by atoms with Gasteiger partial charge in [0.25, 0.3) is 0 Å². The number of carbonyl (C=O) groups is 3. The van der Waals surface area contributed by atoms with Crippen molar-refractivity contribution in [3.05, 3.63) is 71.3 Å². The number of benzene rings is 2. The predicted octanol–water partition coefficient (Wildman–Crippen LogP) is 3.94. The number of fused-ring (bicyclic) bond motifs is 3.